The first kappa shape index (κ1) is 15.8. The van der Waals surface area contributed by atoms with E-state index in [2.05, 4.69) is 17.6 Å². The Labute approximate surface area is 142 Å². The van der Waals surface area contributed by atoms with Crippen LogP contribution in [0, 0.1) is 13.8 Å². The van der Waals surface area contributed by atoms with E-state index in [0.29, 0.717) is 5.56 Å². The van der Waals surface area contributed by atoms with Gasteiger partial charge in [-0.15, -0.1) is 0 Å². The molecule has 3 nitrogen and oxygen atoms in total. The van der Waals surface area contributed by atoms with Gasteiger partial charge in [-0.3, -0.25) is 4.79 Å². The van der Waals surface area contributed by atoms with E-state index in [1.807, 2.05) is 79.7 Å². The van der Waals surface area contributed by atoms with Crippen LogP contribution in [0.15, 0.2) is 72.8 Å². The van der Waals surface area contributed by atoms with Crippen LogP contribution in [0.4, 0.5) is 17.1 Å². The van der Waals surface area contributed by atoms with Crippen LogP contribution in [-0.4, -0.2) is 5.91 Å². The molecule has 0 aromatic heterocycles. The second kappa shape index (κ2) is 7.01. The number of anilines is 3. The first-order valence-corrected chi connectivity index (χ1v) is 7.93. The first-order chi connectivity index (χ1) is 11.6. The van der Waals surface area contributed by atoms with Crippen molar-refractivity contribution in [2.24, 2.45) is 0 Å². The second-order valence-electron chi connectivity index (χ2n) is 5.79. The Morgan fingerprint density at radius 3 is 2.21 bits per heavy atom. The summed E-state index contributed by atoms with van der Waals surface area (Å²) in [5.41, 5.74) is 5.51. The molecule has 0 atom stereocenters. The number of rotatable bonds is 4. The van der Waals surface area contributed by atoms with Gasteiger partial charge in [0.25, 0.3) is 5.91 Å². The third-order valence-electron chi connectivity index (χ3n) is 3.99. The number of amides is 1. The van der Waals surface area contributed by atoms with Crippen molar-refractivity contribution in [1.82, 2.24) is 0 Å². The predicted octanol–water partition coefficient (Wildman–Crippen LogP) is 5.30. The Hall–Kier alpha value is -3.07. The lowest BCUT2D eigenvalue weighted by atomic mass is 10.1. The quantitative estimate of drug-likeness (QED) is 0.686. The minimum absolute atomic E-state index is 0.128. The minimum atomic E-state index is -0.128. The zero-order valence-corrected chi connectivity index (χ0v) is 13.8. The highest BCUT2D eigenvalue weighted by Gasteiger charge is 2.11. The van der Waals surface area contributed by atoms with Crippen LogP contribution in [0.3, 0.4) is 0 Å². The summed E-state index contributed by atoms with van der Waals surface area (Å²) in [4.78, 5) is 12.7. The van der Waals surface area contributed by atoms with E-state index in [1.165, 1.54) is 5.56 Å². The van der Waals surface area contributed by atoms with Crippen molar-refractivity contribution in [3.63, 3.8) is 0 Å². The van der Waals surface area contributed by atoms with E-state index in [9.17, 15) is 4.79 Å². The van der Waals surface area contributed by atoms with Crippen molar-refractivity contribution in [1.29, 1.82) is 0 Å². The molecule has 24 heavy (non-hydrogen) atoms. The third-order valence-corrected chi connectivity index (χ3v) is 3.99. The summed E-state index contributed by atoms with van der Waals surface area (Å²) in [7, 11) is 0. The SMILES string of the molecule is Cc1ccc(NC(=O)c2ccccc2Nc2ccccc2)cc1C. The van der Waals surface area contributed by atoms with Crippen molar-refractivity contribution in [2.45, 2.75) is 13.8 Å². The molecule has 0 radical (unpaired) electrons. The minimum Gasteiger partial charge on any atom is -0.355 e. The number of benzene rings is 3. The maximum atomic E-state index is 12.7. The predicted molar refractivity (Wildman–Crippen MR) is 100 cm³/mol. The van der Waals surface area contributed by atoms with Gasteiger partial charge >= 0.3 is 0 Å². The molecule has 0 aliphatic heterocycles. The Balaban J connectivity index is 1.83. The lowest BCUT2D eigenvalue weighted by molar-refractivity contribution is 0.102. The summed E-state index contributed by atoms with van der Waals surface area (Å²) >= 11 is 0. The third kappa shape index (κ3) is 3.63. The van der Waals surface area contributed by atoms with E-state index in [1.54, 1.807) is 0 Å². The lowest BCUT2D eigenvalue weighted by Gasteiger charge is -2.13. The maximum Gasteiger partial charge on any atom is 0.257 e. The smallest absolute Gasteiger partial charge is 0.257 e. The van der Waals surface area contributed by atoms with Crippen LogP contribution in [0.2, 0.25) is 0 Å². The van der Waals surface area contributed by atoms with E-state index in [0.717, 1.165) is 22.6 Å². The number of hydrogen-bond acceptors (Lipinski definition) is 2. The van der Waals surface area contributed by atoms with Gasteiger partial charge < -0.3 is 10.6 Å². The fourth-order valence-corrected chi connectivity index (χ4v) is 2.48. The van der Waals surface area contributed by atoms with Crippen molar-refractivity contribution in [2.75, 3.05) is 10.6 Å². The molecule has 0 unspecified atom stereocenters. The van der Waals surface area contributed by atoms with E-state index in [-0.39, 0.29) is 5.91 Å². The standard InChI is InChI=1S/C21H20N2O/c1-15-12-13-18(14-16(15)2)23-21(24)19-10-6-7-11-20(19)22-17-8-4-3-5-9-17/h3-14,22H,1-2H3,(H,23,24). The normalized spacial score (nSPS) is 10.2. The maximum absolute atomic E-state index is 12.7. The van der Waals surface area contributed by atoms with Gasteiger partial charge in [-0.2, -0.15) is 0 Å². The van der Waals surface area contributed by atoms with Crippen LogP contribution >= 0.6 is 0 Å². The van der Waals surface area contributed by atoms with Gasteiger partial charge in [0.05, 0.1) is 11.3 Å². The van der Waals surface area contributed by atoms with E-state index >= 15 is 0 Å². The summed E-state index contributed by atoms with van der Waals surface area (Å²) in [6.07, 6.45) is 0. The van der Waals surface area contributed by atoms with Crippen molar-refractivity contribution < 1.29 is 4.79 Å². The molecule has 2 N–H and O–H groups in total. The lowest BCUT2D eigenvalue weighted by Crippen LogP contribution is -2.14. The van der Waals surface area contributed by atoms with Crippen molar-refractivity contribution in [3.05, 3.63) is 89.5 Å². The zero-order valence-electron chi connectivity index (χ0n) is 13.8. The first-order valence-electron chi connectivity index (χ1n) is 7.93. The summed E-state index contributed by atoms with van der Waals surface area (Å²) in [6.45, 7) is 4.09. The molecule has 0 aliphatic rings. The van der Waals surface area contributed by atoms with Crippen LogP contribution in [0.25, 0.3) is 0 Å². The summed E-state index contributed by atoms with van der Waals surface area (Å²) in [6, 6.07) is 23.3. The molecule has 3 rings (SSSR count). The Bertz CT molecular complexity index is 857. The van der Waals surface area contributed by atoms with Gasteiger partial charge in [0, 0.05) is 11.4 Å². The summed E-state index contributed by atoms with van der Waals surface area (Å²) in [5.74, 6) is -0.128. The van der Waals surface area contributed by atoms with Crippen molar-refractivity contribution >= 4 is 23.0 Å². The van der Waals surface area contributed by atoms with Gasteiger partial charge in [-0.25, -0.2) is 0 Å². The van der Waals surface area contributed by atoms with Crippen LogP contribution in [-0.2, 0) is 0 Å². The monoisotopic (exact) mass is 316 g/mol. The molecule has 1 amide bonds. The molecule has 120 valence electrons. The number of hydrogen-bond donors (Lipinski definition) is 2. The summed E-state index contributed by atoms with van der Waals surface area (Å²) < 4.78 is 0. The molecule has 0 spiro atoms. The average Bonchev–Trinajstić information content (AvgIpc) is 2.59. The average molecular weight is 316 g/mol. The van der Waals surface area contributed by atoms with Gasteiger partial charge in [0.1, 0.15) is 0 Å². The molecule has 3 heteroatoms. The number of carbonyl (C=O) groups is 1. The zero-order chi connectivity index (χ0) is 16.9. The fourth-order valence-electron chi connectivity index (χ4n) is 2.48. The fraction of sp³-hybridized carbons (Fsp3) is 0.0952. The van der Waals surface area contributed by atoms with Crippen LogP contribution < -0.4 is 10.6 Å². The molecule has 3 aromatic carbocycles. The number of aryl methyl sites for hydroxylation is 2. The molecule has 0 heterocycles. The largest absolute Gasteiger partial charge is 0.355 e. The van der Waals surface area contributed by atoms with Gasteiger partial charge in [-0.05, 0) is 61.4 Å². The number of para-hydroxylation sites is 2. The molecular weight excluding hydrogens is 296 g/mol. The second-order valence-corrected chi connectivity index (χ2v) is 5.79. The molecule has 0 saturated heterocycles. The molecule has 0 fully saturated rings. The van der Waals surface area contributed by atoms with Crippen molar-refractivity contribution in [3.8, 4) is 0 Å². The number of nitrogens with one attached hydrogen (secondary N) is 2. The highest BCUT2D eigenvalue weighted by Crippen LogP contribution is 2.22. The Morgan fingerprint density at radius 2 is 1.46 bits per heavy atom. The van der Waals surface area contributed by atoms with Crippen LogP contribution in [0.5, 0.6) is 0 Å². The topological polar surface area (TPSA) is 41.1 Å². The highest BCUT2D eigenvalue weighted by atomic mass is 16.1. The molecule has 3 aromatic rings. The van der Waals surface area contributed by atoms with Crippen LogP contribution in [0.1, 0.15) is 21.5 Å². The van der Waals surface area contributed by atoms with E-state index in [4.69, 9.17) is 0 Å². The highest BCUT2D eigenvalue weighted by molar-refractivity contribution is 6.08. The molecular formula is C21H20N2O. The van der Waals surface area contributed by atoms with E-state index < -0.39 is 0 Å². The van der Waals surface area contributed by atoms with Gasteiger partial charge in [0.15, 0.2) is 0 Å². The molecule has 0 saturated carbocycles. The number of carbonyl (C=O) groups excluding carboxylic acids is 1. The van der Waals surface area contributed by atoms with Gasteiger partial charge in [-0.1, -0.05) is 36.4 Å². The molecule has 0 bridgehead atoms. The summed E-state index contributed by atoms with van der Waals surface area (Å²) in [5, 5.41) is 6.27. The molecule has 0 aliphatic carbocycles. The Kier molecular flexibility index (Phi) is 4.62. The Morgan fingerprint density at radius 1 is 0.750 bits per heavy atom. The van der Waals surface area contributed by atoms with Gasteiger partial charge in [0.2, 0.25) is 0 Å².